The maximum atomic E-state index is 12.9. The molecule has 0 bridgehead atoms. The van der Waals surface area contributed by atoms with Crippen molar-refractivity contribution in [2.75, 3.05) is 33.0 Å². The van der Waals surface area contributed by atoms with Gasteiger partial charge in [0.2, 0.25) is 12.7 Å². The van der Waals surface area contributed by atoms with E-state index in [4.69, 9.17) is 9.47 Å². The molecule has 2 aromatic rings. The fourth-order valence-corrected chi connectivity index (χ4v) is 4.59. The lowest BCUT2D eigenvalue weighted by Gasteiger charge is -2.34. The van der Waals surface area contributed by atoms with E-state index in [-0.39, 0.29) is 30.4 Å². The second kappa shape index (κ2) is 6.56. The highest BCUT2D eigenvalue weighted by atomic mass is 32.1. The minimum Gasteiger partial charge on any atom is -0.454 e. The number of nitrogens with zero attached hydrogens (tertiary/aromatic N) is 2. The Morgan fingerprint density at radius 2 is 1.78 bits per heavy atom. The van der Waals surface area contributed by atoms with Crippen LogP contribution < -0.4 is 9.47 Å². The van der Waals surface area contributed by atoms with Gasteiger partial charge >= 0.3 is 0 Å². The monoisotopic (exact) mass is 384 g/mol. The molecule has 1 saturated carbocycles. The molecule has 3 aliphatic rings. The van der Waals surface area contributed by atoms with Gasteiger partial charge in [-0.15, -0.1) is 11.3 Å². The van der Waals surface area contributed by atoms with Gasteiger partial charge in [-0.05, 0) is 41.5 Å². The number of rotatable bonds is 3. The lowest BCUT2D eigenvalue weighted by molar-refractivity contribution is -0.134. The molecular formula is C20H20N2O4S. The van der Waals surface area contributed by atoms with Crippen LogP contribution in [-0.2, 0) is 4.79 Å². The Hall–Kier alpha value is -2.54. The smallest absolute Gasteiger partial charge is 0.264 e. The lowest BCUT2D eigenvalue weighted by Crippen LogP contribution is -2.51. The van der Waals surface area contributed by atoms with Crippen LogP contribution in [0.15, 0.2) is 35.7 Å². The highest BCUT2D eigenvalue weighted by molar-refractivity contribution is 7.12. The van der Waals surface area contributed by atoms with Crippen molar-refractivity contribution in [1.29, 1.82) is 0 Å². The van der Waals surface area contributed by atoms with Crippen LogP contribution in [-0.4, -0.2) is 54.6 Å². The topological polar surface area (TPSA) is 59.1 Å². The van der Waals surface area contributed by atoms with E-state index in [1.54, 1.807) is 0 Å². The van der Waals surface area contributed by atoms with Crippen molar-refractivity contribution >= 4 is 23.2 Å². The number of carbonyl (C=O) groups is 2. The Balaban J connectivity index is 1.18. The molecule has 2 aliphatic heterocycles. The Morgan fingerprint density at radius 3 is 2.56 bits per heavy atom. The van der Waals surface area contributed by atoms with Gasteiger partial charge in [0.05, 0.1) is 4.88 Å². The summed E-state index contributed by atoms with van der Waals surface area (Å²) in [6.45, 7) is 2.69. The minimum atomic E-state index is 0.0462. The molecule has 3 heterocycles. The Labute approximate surface area is 161 Å². The summed E-state index contributed by atoms with van der Waals surface area (Å²) >= 11 is 1.46. The second-order valence-corrected chi connectivity index (χ2v) is 8.10. The first-order valence-electron chi connectivity index (χ1n) is 9.22. The van der Waals surface area contributed by atoms with Crippen LogP contribution >= 0.6 is 11.3 Å². The number of hydrogen-bond donors (Lipinski definition) is 0. The SMILES string of the molecule is O=C(c1cccs1)N1CCN(C(=O)[C@@H]2CC2c2ccc3c(c2)OCO3)CC1. The van der Waals surface area contributed by atoms with Crippen molar-refractivity contribution in [2.45, 2.75) is 12.3 Å². The number of fused-ring (bicyclic) bond motifs is 1. The van der Waals surface area contributed by atoms with Crippen molar-refractivity contribution < 1.29 is 19.1 Å². The number of piperazine rings is 1. The van der Waals surface area contributed by atoms with Gasteiger partial charge in [0.1, 0.15) is 0 Å². The van der Waals surface area contributed by atoms with Gasteiger partial charge < -0.3 is 19.3 Å². The Morgan fingerprint density at radius 1 is 1.00 bits per heavy atom. The van der Waals surface area contributed by atoms with Crippen molar-refractivity contribution in [1.82, 2.24) is 9.80 Å². The van der Waals surface area contributed by atoms with E-state index >= 15 is 0 Å². The highest BCUT2D eigenvalue weighted by Gasteiger charge is 2.46. The fourth-order valence-electron chi connectivity index (χ4n) is 3.90. The standard InChI is InChI=1S/C20H20N2O4S/c23-19(15-11-14(15)13-3-4-16-17(10-13)26-12-25-16)21-5-7-22(8-6-21)20(24)18-2-1-9-27-18/h1-4,9-10,14-15H,5-8,11-12H2/t14?,15-/m1/s1. The van der Waals surface area contributed by atoms with E-state index in [0.717, 1.165) is 28.4 Å². The zero-order valence-corrected chi connectivity index (χ0v) is 15.6. The van der Waals surface area contributed by atoms with E-state index in [9.17, 15) is 9.59 Å². The van der Waals surface area contributed by atoms with Crippen LogP contribution in [0.2, 0.25) is 0 Å². The summed E-state index contributed by atoms with van der Waals surface area (Å²) in [5.74, 6) is 2.13. The molecule has 6 nitrogen and oxygen atoms in total. The number of thiophene rings is 1. The summed E-state index contributed by atoms with van der Waals surface area (Å²) in [5.41, 5.74) is 1.14. The first kappa shape index (κ1) is 16.6. The first-order chi connectivity index (χ1) is 13.2. The summed E-state index contributed by atoms with van der Waals surface area (Å²) in [7, 11) is 0. The largest absolute Gasteiger partial charge is 0.454 e. The Kier molecular flexibility index (Phi) is 4.04. The first-order valence-corrected chi connectivity index (χ1v) is 10.1. The molecule has 0 spiro atoms. The van der Waals surface area contributed by atoms with E-state index in [1.807, 2.05) is 45.5 Å². The van der Waals surface area contributed by atoms with Crippen LogP contribution in [0.25, 0.3) is 0 Å². The van der Waals surface area contributed by atoms with Crippen molar-refractivity contribution in [3.63, 3.8) is 0 Å². The van der Waals surface area contributed by atoms with Gasteiger partial charge in [-0.1, -0.05) is 12.1 Å². The summed E-state index contributed by atoms with van der Waals surface area (Å²) in [6.07, 6.45) is 0.882. The van der Waals surface area contributed by atoms with Crippen molar-refractivity contribution in [3.05, 3.63) is 46.2 Å². The summed E-state index contributed by atoms with van der Waals surface area (Å²) in [4.78, 5) is 29.8. The van der Waals surface area contributed by atoms with Gasteiger partial charge in [0.15, 0.2) is 11.5 Å². The van der Waals surface area contributed by atoms with Crippen LogP contribution in [0.1, 0.15) is 27.6 Å². The maximum Gasteiger partial charge on any atom is 0.264 e. The van der Waals surface area contributed by atoms with Crippen LogP contribution in [0.5, 0.6) is 11.5 Å². The lowest BCUT2D eigenvalue weighted by atomic mass is 10.1. The van der Waals surface area contributed by atoms with Crippen molar-refractivity contribution in [3.8, 4) is 11.5 Å². The molecule has 140 valence electrons. The molecule has 7 heteroatoms. The highest BCUT2D eigenvalue weighted by Crippen LogP contribution is 2.50. The van der Waals surface area contributed by atoms with Gasteiger partial charge in [-0.2, -0.15) is 0 Å². The number of amides is 2. The Bertz CT molecular complexity index is 874. The van der Waals surface area contributed by atoms with E-state index < -0.39 is 0 Å². The van der Waals surface area contributed by atoms with Crippen molar-refractivity contribution in [2.24, 2.45) is 5.92 Å². The van der Waals surface area contributed by atoms with Gasteiger partial charge in [0.25, 0.3) is 5.91 Å². The molecule has 0 N–H and O–H groups in total. The summed E-state index contributed by atoms with van der Waals surface area (Å²) < 4.78 is 10.8. The fraction of sp³-hybridized carbons (Fsp3) is 0.400. The molecule has 27 heavy (non-hydrogen) atoms. The molecule has 1 unspecified atom stereocenters. The number of ether oxygens (including phenoxy) is 2. The molecule has 1 aliphatic carbocycles. The molecule has 2 amide bonds. The molecule has 2 fully saturated rings. The third-order valence-electron chi connectivity index (χ3n) is 5.54. The third-order valence-corrected chi connectivity index (χ3v) is 6.40. The quantitative estimate of drug-likeness (QED) is 0.816. The van der Waals surface area contributed by atoms with Gasteiger partial charge in [-0.25, -0.2) is 0 Å². The summed E-state index contributed by atoms with van der Waals surface area (Å²) in [5, 5.41) is 1.91. The summed E-state index contributed by atoms with van der Waals surface area (Å²) in [6, 6.07) is 9.69. The van der Waals surface area contributed by atoms with E-state index in [1.165, 1.54) is 11.3 Å². The van der Waals surface area contributed by atoms with Gasteiger partial charge in [-0.3, -0.25) is 9.59 Å². The molecule has 1 aromatic heterocycles. The van der Waals surface area contributed by atoms with E-state index in [0.29, 0.717) is 26.2 Å². The number of carbonyl (C=O) groups excluding carboxylic acids is 2. The molecule has 1 aromatic carbocycles. The average molecular weight is 384 g/mol. The number of benzene rings is 1. The third kappa shape index (κ3) is 3.06. The predicted molar refractivity (Wildman–Crippen MR) is 100 cm³/mol. The second-order valence-electron chi connectivity index (χ2n) is 7.16. The number of hydrogen-bond acceptors (Lipinski definition) is 5. The normalized spacial score (nSPS) is 23.4. The maximum absolute atomic E-state index is 12.9. The van der Waals surface area contributed by atoms with Crippen LogP contribution in [0, 0.1) is 5.92 Å². The predicted octanol–water partition coefficient (Wildman–Crippen LogP) is 2.56. The van der Waals surface area contributed by atoms with Crippen LogP contribution in [0.4, 0.5) is 0 Å². The minimum absolute atomic E-state index is 0.0462. The zero-order valence-electron chi connectivity index (χ0n) is 14.8. The van der Waals surface area contributed by atoms with Crippen LogP contribution in [0.3, 0.4) is 0 Å². The molecule has 2 atom stereocenters. The molecule has 1 saturated heterocycles. The molecule has 0 radical (unpaired) electrons. The molecular weight excluding hydrogens is 364 g/mol. The average Bonchev–Trinajstić information content (AvgIpc) is 3.09. The molecule has 5 rings (SSSR count). The van der Waals surface area contributed by atoms with Gasteiger partial charge in [0, 0.05) is 32.1 Å². The van der Waals surface area contributed by atoms with E-state index in [2.05, 4.69) is 0 Å². The zero-order chi connectivity index (χ0) is 18.4.